The van der Waals surface area contributed by atoms with E-state index in [0.717, 1.165) is 33.6 Å². The molecule has 3 aromatic rings. The fourth-order valence-electron chi connectivity index (χ4n) is 2.68. The SMILES string of the molecule is CCNC(=S)N/N=C/c1cn(Cc2ccccc2Cl)c2ccccc12. The number of aromatic nitrogens is 1. The molecule has 0 radical (unpaired) electrons. The largest absolute Gasteiger partial charge is 0.362 e. The van der Waals surface area contributed by atoms with Gasteiger partial charge in [0.05, 0.1) is 6.21 Å². The summed E-state index contributed by atoms with van der Waals surface area (Å²) >= 11 is 11.4. The highest BCUT2D eigenvalue weighted by atomic mass is 35.5. The highest BCUT2D eigenvalue weighted by Gasteiger charge is 2.08. The molecule has 2 N–H and O–H groups in total. The van der Waals surface area contributed by atoms with Crippen LogP contribution in [0.25, 0.3) is 10.9 Å². The Morgan fingerprint density at radius 1 is 1.20 bits per heavy atom. The molecular weight excluding hydrogens is 352 g/mol. The van der Waals surface area contributed by atoms with Crippen molar-refractivity contribution >= 4 is 46.0 Å². The normalized spacial score (nSPS) is 11.1. The number of rotatable bonds is 5. The minimum Gasteiger partial charge on any atom is -0.362 e. The standard InChI is InChI=1S/C19H19ClN4S/c1-2-21-19(25)23-22-11-15-13-24(18-10-6-4-8-16(15)18)12-14-7-3-5-9-17(14)20/h3-11,13H,2,12H2,1H3,(H2,21,23,25)/b22-11+. The summed E-state index contributed by atoms with van der Waals surface area (Å²) < 4.78 is 2.18. The molecule has 2 aromatic carbocycles. The second kappa shape index (κ2) is 8.14. The number of hydrogen-bond donors (Lipinski definition) is 2. The van der Waals surface area contributed by atoms with Crippen LogP contribution >= 0.6 is 23.8 Å². The van der Waals surface area contributed by atoms with Crippen LogP contribution in [0.5, 0.6) is 0 Å². The second-order valence-corrected chi connectivity index (χ2v) is 6.37. The summed E-state index contributed by atoms with van der Waals surface area (Å²) in [5.41, 5.74) is 6.07. The van der Waals surface area contributed by atoms with Crippen molar-refractivity contribution in [1.29, 1.82) is 0 Å². The Morgan fingerprint density at radius 3 is 2.76 bits per heavy atom. The smallest absolute Gasteiger partial charge is 0.186 e. The monoisotopic (exact) mass is 370 g/mol. The summed E-state index contributed by atoms with van der Waals surface area (Å²) in [4.78, 5) is 0. The van der Waals surface area contributed by atoms with Crippen LogP contribution < -0.4 is 10.7 Å². The molecule has 4 nitrogen and oxygen atoms in total. The number of nitrogens with one attached hydrogen (secondary N) is 2. The van der Waals surface area contributed by atoms with Crippen molar-refractivity contribution in [2.24, 2.45) is 5.10 Å². The van der Waals surface area contributed by atoms with E-state index in [4.69, 9.17) is 23.8 Å². The van der Waals surface area contributed by atoms with E-state index in [1.165, 1.54) is 0 Å². The lowest BCUT2D eigenvalue weighted by molar-refractivity contribution is 0.836. The van der Waals surface area contributed by atoms with Gasteiger partial charge in [-0.25, -0.2) is 0 Å². The van der Waals surface area contributed by atoms with Gasteiger partial charge in [-0.3, -0.25) is 5.43 Å². The molecule has 1 heterocycles. The average Bonchev–Trinajstić information content (AvgIpc) is 2.95. The van der Waals surface area contributed by atoms with E-state index in [1.54, 1.807) is 6.21 Å². The predicted octanol–water partition coefficient (Wildman–Crippen LogP) is 4.16. The number of para-hydroxylation sites is 1. The van der Waals surface area contributed by atoms with Crippen LogP contribution in [0.3, 0.4) is 0 Å². The third-order valence-corrected chi connectivity index (χ3v) is 4.43. The van der Waals surface area contributed by atoms with Crippen molar-refractivity contribution in [3.63, 3.8) is 0 Å². The molecule has 0 spiro atoms. The van der Waals surface area contributed by atoms with E-state index >= 15 is 0 Å². The third kappa shape index (κ3) is 4.18. The van der Waals surface area contributed by atoms with Gasteiger partial charge in [0.25, 0.3) is 0 Å². The first-order valence-electron chi connectivity index (χ1n) is 8.07. The molecular formula is C19H19ClN4S. The zero-order chi connectivity index (χ0) is 17.6. The van der Waals surface area contributed by atoms with Crippen molar-refractivity contribution in [1.82, 2.24) is 15.3 Å². The maximum Gasteiger partial charge on any atom is 0.186 e. The van der Waals surface area contributed by atoms with Crippen LogP contribution in [0.4, 0.5) is 0 Å². The summed E-state index contributed by atoms with van der Waals surface area (Å²) in [5, 5.41) is 9.65. The quantitative estimate of drug-likeness (QED) is 0.402. The minimum absolute atomic E-state index is 0.513. The number of hydrogen-bond acceptors (Lipinski definition) is 2. The van der Waals surface area contributed by atoms with Crippen LogP contribution in [0, 0.1) is 0 Å². The Labute approximate surface area is 157 Å². The number of nitrogens with zero attached hydrogens (tertiary/aromatic N) is 2. The van der Waals surface area contributed by atoms with Gasteiger partial charge in [0.15, 0.2) is 5.11 Å². The first-order valence-corrected chi connectivity index (χ1v) is 8.86. The highest BCUT2D eigenvalue weighted by Crippen LogP contribution is 2.23. The van der Waals surface area contributed by atoms with E-state index in [-0.39, 0.29) is 0 Å². The Morgan fingerprint density at radius 2 is 1.96 bits per heavy atom. The van der Waals surface area contributed by atoms with Crippen LogP contribution in [0.2, 0.25) is 5.02 Å². The van der Waals surface area contributed by atoms with Gasteiger partial charge in [-0.1, -0.05) is 48.0 Å². The van der Waals surface area contributed by atoms with E-state index in [1.807, 2.05) is 43.3 Å². The van der Waals surface area contributed by atoms with Gasteiger partial charge < -0.3 is 9.88 Å². The Hall–Kier alpha value is -2.37. The molecule has 25 heavy (non-hydrogen) atoms. The van der Waals surface area contributed by atoms with Crippen molar-refractivity contribution in [2.45, 2.75) is 13.5 Å². The number of hydrazone groups is 1. The predicted molar refractivity (Wildman–Crippen MR) is 109 cm³/mol. The maximum absolute atomic E-state index is 6.31. The van der Waals surface area contributed by atoms with Crippen molar-refractivity contribution in [3.8, 4) is 0 Å². The first-order chi connectivity index (χ1) is 12.2. The van der Waals surface area contributed by atoms with E-state index in [0.29, 0.717) is 11.7 Å². The molecule has 1 aromatic heterocycles. The van der Waals surface area contributed by atoms with Gasteiger partial charge >= 0.3 is 0 Å². The van der Waals surface area contributed by atoms with Gasteiger partial charge in [0.2, 0.25) is 0 Å². The summed E-state index contributed by atoms with van der Waals surface area (Å²) in [6, 6.07) is 16.1. The number of halogens is 1. The lowest BCUT2D eigenvalue weighted by atomic mass is 10.2. The third-order valence-electron chi connectivity index (χ3n) is 3.82. The maximum atomic E-state index is 6.31. The van der Waals surface area contributed by atoms with Crippen LogP contribution in [-0.2, 0) is 6.54 Å². The lowest BCUT2D eigenvalue weighted by Gasteiger charge is -2.07. The fraction of sp³-hybridized carbons (Fsp3) is 0.158. The average molecular weight is 371 g/mol. The lowest BCUT2D eigenvalue weighted by Crippen LogP contribution is -2.31. The number of benzene rings is 2. The van der Waals surface area contributed by atoms with Crippen LogP contribution in [0.1, 0.15) is 18.1 Å². The Bertz CT molecular complexity index is 917. The molecule has 0 aliphatic heterocycles. The molecule has 3 rings (SSSR count). The molecule has 0 aliphatic rings. The molecule has 0 atom stereocenters. The van der Waals surface area contributed by atoms with Crippen molar-refractivity contribution in [3.05, 3.63) is 70.9 Å². The van der Waals surface area contributed by atoms with Crippen LogP contribution in [-0.4, -0.2) is 22.4 Å². The van der Waals surface area contributed by atoms with Gasteiger partial charge in [0, 0.05) is 40.8 Å². The van der Waals surface area contributed by atoms with E-state index in [2.05, 4.69) is 38.7 Å². The molecule has 0 saturated heterocycles. The van der Waals surface area contributed by atoms with Gasteiger partial charge in [-0.05, 0) is 36.8 Å². The number of thiocarbonyl (C=S) groups is 1. The van der Waals surface area contributed by atoms with Crippen molar-refractivity contribution in [2.75, 3.05) is 6.54 Å². The van der Waals surface area contributed by atoms with Gasteiger partial charge in [-0.2, -0.15) is 5.10 Å². The zero-order valence-corrected chi connectivity index (χ0v) is 15.4. The first kappa shape index (κ1) is 17.5. The molecule has 0 aliphatic carbocycles. The summed E-state index contributed by atoms with van der Waals surface area (Å²) in [6.07, 6.45) is 3.87. The summed E-state index contributed by atoms with van der Waals surface area (Å²) in [7, 11) is 0. The van der Waals surface area contributed by atoms with Gasteiger partial charge in [0.1, 0.15) is 0 Å². The van der Waals surface area contributed by atoms with E-state index < -0.39 is 0 Å². The Balaban J connectivity index is 1.89. The van der Waals surface area contributed by atoms with E-state index in [9.17, 15) is 0 Å². The van der Waals surface area contributed by atoms with Crippen molar-refractivity contribution < 1.29 is 0 Å². The molecule has 0 unspecified atom stereocenters. The molecule has 0 bridgehead atoms. The number of fused-ring (bicyclic) bond motifs is 1. The molecule has 0 saturated carbocycles. The summed E-state index contributed by atoms with van der Waals surface area (Å²) in [6.45, 7) is 3.45. The second-order valence-electron chi connectivity index (χ2n) is 5.55. The van der Waals surface area contributed by atoms with Crippen LogP contribution in [0.15, 0.2) is 59.8 Å². The topological polar surface area (TPSA) is 41.4 Å². The Kier molecular flexibility index (Phi) is 5.68. The molecule has 128 valence electrons. The molecule has 0 amide bonds. The minimum atomic E-state index is 0.513. The molecule has 0 fully saturated rings. The summed E-state index contributed by atoms with van der Waals surface area (Å²) in [5.74, 6) is 0. The fourth-order valence-corrected chi connectivity index (χ4v) is 3.07. The van der Waals surface area contributed by atoms with Gasteiger partial charge in [-0.15, -0.1) is 0 Å². The zero-order valence-electron chi connectivity index (χ0n) is 13.9. The molecule has 6 heteroatoms. The highest BCUT2D eigenvalue weighted by molar-refractivity contribution is 7.80.